The zero-order valence-corrected chi connectivity index (χ0v) is 12.2. The van der Waals surface area contributed by atoms with Crippen LogP contribution in [0.3, 0.4) is 0 Å². The average molecular weight is 284 g/mol. The smallest absolute Gasteiger partial charge is 0.317 e. The molecule has 3 rings (SSSR count). The van der Waals surface area contributed by atoms with Crippen molar-refractivity contribution >= 4 is 6.03 Å². The van der Waals surface area contributed by atoms with E-state index in [9.17, 15) is 4.79 Å². The topological polar surface area (TPSA) is 45.5 Å². The van der Waals surface area contributed by atoms with Gasteiger partial charge in [-0.15, -0.1) is 0 Å². The fourth-order valence-electron chi connectivity index (χ4n) is 2.60. The number of nitrogens with one attached hydrogen (secondary N) is 1. The normalized spacial score (nSPS) is 20.0. The summed E-state index contributed by atoms with van der Waals surface area (Å²) in [6.07, 6.45) is 4.34. The third-order valence-electron chi connectivity index (χ3n) is 3.95. The number of carbonyl (C=O) groups excluding carboxylic acids is 1. The molecule has 2 atom stereocenters. The van der Waals surface area contributed by atoms with E-state index >= 15 is 0 Å². The zero-order chi connectivity index (χ0) is 14.7. The number of hydrogen-bond donors (Lipinski definition) is 1. The minimum Gasteiger partial charge on any atom is -0.472 e. The summed E-state index contributed by atoms with van der Waals surface area (Å²) in [7, 11) is 0. The molecule has 1 N–H and O–H groups in total. The predicted molar refractivity (Wildman–Crippen MR) is 80.9 cm³/mol. The van der Waals surface area contributed by atoms with E-state index < -0.39 is 0 Å². The minimum atomic E-state index is 0.00197. The second-order valence-corrected chi connectivity index (χ2v) is 5.45. The molecule has 0 aliphatic heterocycles. The highest BCUT2D eigenvalue weighted by Gasteiger charge is 2.39. The van der Waals surface area contributed by atoms with E-state index in [1.165, 1.54) is 5.56 Å². The summed E-state index contributed by atoms with van der Waals surface area (Å²) in [6, 6.07) is 12.5. The van der Waals surface area contributed by atoms with E-state index in [0.29, 0.717) is 19.0 Å². The van der Waals surface area contributed by atoms with Crippen LogP contribution in [0.4, 0.5) is 4.79 Å². The van der Waals surface area contributed by atoms with Gasteiger partial charge in [0.25, 0.3) is 0 Å². The molecule has 0 radical (unpaired) electrons. The lowest BCUT2D eigenvalue weighted by molar-refractivity contribution is 0.197. The lowest BCUT2D eigenvalue weighted by Crippen LogP contribution is -2.40. The maximum atomic E-state index is 12.3. The van der Waals surface area contributed by atoms with Gasteiger partial charge in [0.1, 0.15) is 0 Å². The Morgan fingerprint density at radius 3 is 2.81 bits per heavy atom. The van der Waals surface area contributed by atoms with Crippen molar-refractivity contribution in [2.75, 3.05) is 6.54 Å². The van der Waals surface area contributed by atoms with E-state index in [2.05, 4.69) is 17.4 Å². The Balaban J connectivity index is 1.54. The Labute approximate surface area is 124 Å². The third kappa shape index (κ3) is 3.27. The zero-order valence-electron chi connectivity index (χ0n) is 12.2. The van der Waals surface area contributed by atoms with Gasteiger partial charge in [0.05, 0.1) is 19.1 Å². The standard InChI is InChI=1S/C17H20N2O2/c1-2-19(11-13-8-9-21-12-13)17(20)18-16-10-15(16)14-6-4-3-5-7-14/h3-9,12,15-16H,2,10-11H2,1H3,(H,18,20). The molecule has 1 aromatic heterocycles. The summed E-state index contributed by atoms with van der Waals surface area (Å²) in [5.41, 5.74) is 2.32. The maximum absolute atomic E-state index is 12.3. The molecule has 1 aromatic carbocycles. The first-order chi connectivity index (χ1) is 10.3. The molecule has 2 amide bonds. The summed E-state index contributed by atoms with van der Waals surface area (Å²) in [4.78, 5) is 14.1. The van der Waals surface area contributed by atoms with Crippen LogP contribution >= 0.6 is 0 Å². The fraction of sp³-hybridized carbons (Fsp3) is 0.353. The molecule has 0 spiro atoms. The maximum Gasteiger partial charge on any atom is 0.317 e. The van der Waals surface area contributed by atoms with Crippen LogP contribution in [0.2, 0.25) is 0 Å². The fourth-order valence-corrected chi connectivity index (χ4v) is 2.60. The predicted octanol–water partition coefficient (Wildman–Crippen LogP) is 3.37. The lowest BCUT2D eigenvalue weighted by atomic mass is 10.1. The second kappa shape index (κ2) is 6.04. The van der Waals surface area contributed by atoms with Crippen molar-refractivity contribution in [3.05, 3.63) is 60.1 Å². The molecule has 2 unspecified atom stereocenters. The van der Waals surface area contributed by atoms with E-state index in [1.54, 1.807) is 17.4 Å². The van der Waals surface area contributed by atoms with Crippen LogP contribution in [0.5, 0.6) is 0 Å². The summed E-state index contributed by atoms with van der Waals surface area (Å²) >= 11 is 0. The van der Waals surface area contributed by atoms with Crippen LogP contribution in [-0.4, -0.2) is 23.5 Å². The highest BCUT2D eigenvalue weighted by molar-refractivity contribution is 5.75. The number of hydrogen-bond acceptors (Lipinski definition) is 2. The molecule has 1 aliphatic carbocycles. The molecule has 1 fully saturated rings. The van der Waals surface area contributed by atoms with Crippen molar-refractivity contribution in [1.82, 2.24) is 10.2 Å². The van der Waals surface area contributed by atoms with E-state index in [0.717, 1.165) is 12.0 Å². The van der Waals surface area contributed by atoms with E-state index in [1.807, 2.05) is 31.2 Å². The summed E-state index contributed by atoms with van der Waals surface area (Å²) in [5.74, 6) is 0.461. The Bertz CT molecular complexity index is 580. The average Bonchev–Trinajstić information content (AvgIpc) is 3.08. The molecule has 1 heterocycles. The number of nitrogens with zero attached hydrogens (tertiary/aromatic N) is 1. The molecule has 0 bridgehead atoms. The van der Waals surface area contributed by atoms with Crippen molar-refractivity contribution in [2.45, 2.75) is 31.8 Å². The Morgan fingerprint density at radius 1 is 1.33 bits per heavy atom. The number of amides is 2. The number of carbonyl (C=O) groups is 1. The van der Waals surface area contributed by atoms with Crippen molar-refractivity contribution in [1.29, 1.82) is 0 Å². The van der Waals surface area contributed by atoms with Crippen LogP contribution in [0, 0.1) is 0 Å². The quantitative estimate of drug-likeness (QED) is 0.915. The monoisotopic (exact) mass is 284 g/mol. The third-order valence-corrected chi connectivity index (χ3v) is 3.95. The molecule has 4 nitrogen and oxygen atoms in total. The summed E-state index contributed by atoms with van der Waals surface area (Å²) < 4.78 is 5.05. The van der Waals surface area contributed by atoms with Gasteiger partial charge in [-0.2, -0.15) is 0 Å². The molecule has 1 aliphatic rings. The van der Waals surface area contributed by atoms with E-state index in [-0.39, 0.29) is 12.1 Å². The second-order valence-electron chi connectivity index (χ2n) is 5.45. The Morgan fingerprint density at radius 2 is 2.14 bits per heavy atom. The van der Waals surface area contributed by atoms with Crippen LogP contribution in [0.25, 0.3) is 0 Å². The number of urea groups is 1. The molecular weight excluding hydrogens is 264 g/mol. The Kier molecular flexibility index (Phi) is 3.95. The van der Waals surface area contributed by atoms with Crippen LogP contribution in [0.15, 0.2) is 53.3 Å². The van der Waals surface area contributed by atoms with Gasteiger partial charge in [0.15, 0.2) is 0 Å². The summed E-state index contributed by atoms with van der Waals surface area (Å²) in [6.45, 7) is 3.25. The van der Waals surface area contributed by atoms with Crippen LogP contribution in [-0.2, 0) is 6.54 Å². The van der Waals surface area contributed by atoms with Crippen molar-refractivity contribution < 1.29 is 9.21 Å². The number of furan rings is 1. The molecule has 21 heavy (non-hydrogen) atoms. The molecule has 4 heteroatoms. The van der Waals surface area contributed by atoms with Gasteiger partial charge >= 0.3 is 6.03 Å². The lowest BCUT2D eigenvalue weighted by Gasteiger charge is -2.20. The molecule has 0 saturated heterocycles. The number of benzene rings is 1. The summed E-state index contributed by atoms with van der Waals surface area (Å²) in [5, 5.41) is 3.12. The molecule has 2 aromatic rings. The largest absolute Gasteiger partial charge is 0.472 e. The minimum absolute atomic E-state index is 0.00197. The Hall–Kier alpha value is -2.23. The van der Waals surface area contributed by atoms with Crippen molar-refractivity contribution in [3.63, 3.8) is 0 Å². The highest BCUT2D eigenvalue weighted by atomic mass is 16.3. The van der Waals surface area contributed by atoms with Gasteiger partial charge in [-0.05, 0) is 25.0 Å². The SMILES string of the molecule is CCN(Cc1ccoc1)C(=O)NC1CC1c1ccccc1. The highest BCUT2D eigenvalue weighted by Crippen LogP contribution is 2.40. The van der Waals surface area contributed by atoms with E-state index in [4.69, 9.17) is 4.42 Å². The molecule has 110 valence electrons. The van der Waals surface area contributed by atoms with Crippen molar-refractivity contribution in [3.8, 4) is 0 Å². The molecular formula is C17H20N2O2. The first-order valence-electron chi connectivity index (χ1n) is 7.39. The van der Waals surface area contributed by atoms with Gasteiger partial charge in [0, 0.05) is 24.1 Å². The van der Waals surface area contributed by atoms with Gasteiger partial charge in [-0.3, -0.25) is 0 Å². The molecule has 1 saturated carbocycles. The van der Waals surface area contributed by atoms with Crippen LogP contribution in [0.1, 0.15) is 30.4 Å². The first kappa shape index (κ1) is 13.7. The first-order valence-corrected chi connectivity index (χ1v) is 7.39. The van der Waals surface area contributed by atoms with Crippen molar-refractivity contribution in [2.24, 2.45) is 0 Å². The van der Waals surface area contributed by atoms with Crippen LogP contribution < -0.4 is 5.32 Å². The van der Waals surface area contributed by atoms with Gasteiger partial charge < -0.3 is 14.6 Å². The van der Waals surface area contributed by atoms with Gasteiger partial charge in [-0.1, -0.05) is 30.3 Å². The number of rotatable bonds is 5. The van der Waals surface area contributed by atoms with Gasteiger partial charge in [-0.25, -0.2) is 4.79 Å². The van der Waals surface area contributed by atoms with Gasteiger partial charge in [0.2, 0.25) is 0 Å².